The Hall–Kier alpha value is -2.55. The summed E-state index contributed by atoms with van der Waals surface area (Å²) in [7, 11) is -2.02. The second kappa shape index (κ2) is 10.9. The van der Waals surface area contributed by atoms with Crippen LogP contribution in [0.4, 0.5) is 5.69 Å². The molecule has 2 fully saturated rings. The highest BCUT2D eigenvalue weighted by molar-refractivity contribution is 7.90. The highest BCUT2D eigenvalue weighted by Crippen LogP contribution is 2.47. The van der Waals surface area contributed by atoms with Gasteiger partial charge >= 0.3 is 0 Å². The molecule has 1 amide bonds. The van der Waals surface area contributed by atoms with Crippen LogP contribution in [-0.2, 0) is 26.6 Å². The van der Waals surface area contributed by atoms with Crippen LogP contribution in [-0.4, -0.2) is 52.5 Å². The summed E-state index contributed by atoms with van der Waals surface area (Å²) in [6.45, 7) is 2.09. The number of nitrogens with zero attached hydrogens (tertiary/aromatic N) is 1. The average Bonchev–Trinajstić information content (AvgIpc) is 3.07. The fraction of sp³-hybridized carbons (Fsp3) is 0.545. The number of halogens is 1. The van der Waals surface area contributed by atoms with E-state index in [-0.39, 0.29) is 17.4 Å². The highest BCUT2D eigenvalue weighted by Gasteiger charge is 2.45. The molecule has 0 saturated heterocycles. The molecule has 1 N–H and O–H groups in total. The van der Waals surface area contributed by atoms with E-state index in [0.29, 0.717) is 36.8 Å². The van der Waals surface area contributed by atoms with E-state index >= 15 is 0 Å². The van der Waals surface area contributed by atoms with Crippen LogP contribution in [0.3, 0.4) is 0 Å². The zero-order chi connectivity index (χ0) is 29.1. The van der Waals surface area contributed by atoms with Crippen molar-refractivity contribution in [3.63, 3.8) is 0 Å². The Morgan fingerprint density at radius 2 is 1.95 bits per heavy atom. The fourth-order valence-corrected chi connectivity index (χ4v) is 9.98. The summed E-state index contributed by atoms with van der Waals surface area (Å²) in [6.07, 6.45) is 11.6. The van der Waals surface area contributed by atoms with Gasteiger partial charge in [-0.25, -0.2) is 13.1 Å². The lowest BCUT2D eigenvalue weighted by Crippen LogP contribution is -2.49. The van der Waals surface area contributed by atoms with Gasteiger partial charge in [-0.1, -0.05) is 29.8 Å². The van der Waals surface area contributed by atoms with Crippen molar-refractivity contribution >= 4 is 33.2 Å². The SMILES string of the molecule is CO[C@H]1/C=C\C[C@H]2CC[C@@H]2S(=O)(=O)NC(=O)c2ccc3c(c2)N(C[C@@H]2CC[C@H]21)C[C@@]1(CCCc2cc(Cl)ccc21)CO3. The minimum absolute atomic E-state index is 0.00738. The maximum Gasteiger partial charge on any atom is 0.264 e. The first-order valence-corrected chi connectivity index (χ1v) is 17.2. The summed E-state index contributed by atoms with van der Waals surface area (Å²) < 4.78 is 41.5. The molecule has 2 bridgehead atoms. The van der Waals surface area contributed by atoms with Crippen molar-refractivity contribution in [3.05, 3.63) is 70.3 Å². The number of methoxy groups -OCH3 is 1. The fourth-order valence-electron chi connectivity index (χ4n) is 8.06. The van der Waals surface area contributed by atoms with Crippen molar-refractivity contribution in [2.24, 2.45) is 17.8 Å². The second-order valence-corrected chi connectivity index (χ2v) is 15.3. The number of fused-ring (bicyclic) bond motifs is 5. The summed E-state index contributed by atoms with van der Waals surface area (Å²) in [5.74, 6) is 0.968. The standard InChI is InChI=1S/C33H39ClN2O5S/c1-40-29-6-2-4-21-9-14-31(21)42(38,39)35-32(37)23-8-13-30-28(17-23)36(18-24-7-11-26(24)29)19-33(20-41-30)15-3-5-22-16-25(34)10-12-27(22)33/h2,6,8,10,12-13,16-17,21,24,26,29,31H,3-5,7,9,11,14-15,18-20H2,1H3,(H,35,37)/b6-2-/t21-,24-,26+,29-,31-,33-/m0/s1. The predicted molar refractivity (Wildman–Crippen MR) is 164 cm³/mol. The molecule has 3 aliphatic carbocycles. The smallest absolute Gasteiger partial charge is 0.264 e. The Bertz CT molecular complexity index is 1530. The lowest BCUT2D eigenvalue weighted by atomic mass is 9.68. The van der Waals surface area contributed by atoms with Crippen LogP contribution in [0.25, 0.3) is 0 Å². The van der Waals surface area contributed by atoms with Crippen LogP contribution in [0.2, 0.25) is 5.02 Å². The number of carbonyl (C=O) groups is 1. The molecule has 5 aliphatic rings. The molecule has 2 aliphatic heterocycles. The molecule has 224 valence electrons. The summed E-state index contributed by atoms with van der Waals surface area (Å²) in [5, 5.41) is 0.195. The zero-order valence-electron chi connectivity index (χ0n) is 24.1. The van der Waals surface area contributed by atoms with Gasteiger partial charge in [-0.3, -0.25) is 4.79 Å². The number of nitrogens with one attached hydrogen (secondary N) is 1. The number of hydrogen-bond acceptors (Lipinski definition) is 6. The first-order chi connectivity index (χ1) is 20.3. The van der Waals surface area contributed by atoms with Gasteiger partial charge in [0.1, 0.15) is 5.75 Å². The summed E-state index contributed by atoms with van der Waals surface area (Å²) in [4.78, 5) is 15.8. The number of anilines is 1. The third-order valence-corrected chi connectivity index (χ3v) is 12.8. The molecule has 2 aromatic carbocycles. The van der Waals surface area contributed by atoms with Gasteiger partial charge in [-0.15, -0.1) is 0 Å². The quantitative estimate of drug-likeness (QED) is 0.420. The molecule has 9 heteroatoms. The van der Waals surface area contributed by atoms with Gasteiger partial charge in [0.05, 0.1) is 23.6 Å². The van der Waals surface area contributed by atoms with E-state index in [1.54, 1.807) is 13.2 Å². The molecule has 2 heterocycles. The molecule has 7 rings (SSSR count). The number of carbonyl (C=O) groups excluding carboxylic acids is 1. The van der Waals surface area contributed by atoms with Crippen LogP contribution in [0.5, 0.6) is 5.75 Å². The number of rotatable bonds is 1. The van der Waals surface area contributed by atoms with Crippen molar-refractivity contribution in [3.8, 4) is 5.75 Å². The first-order valence-electron chi connectivity index (χ1n) is 15.3. The number of aryl methyl sites for hydroxylation is 1. The predicted octanol–water partition coefficient (Wildman–Crippen LogP) is 5.65. The molecule has 6 atom stereocenters. The Kier molecular flexibility index (Phi) is 7.30. The van der Waals surface area contributed by atoms with Gasteiger partial charge in [0.2, 0.25) is 10.0 Å². The van der Waals surface area contributed by atoms with E-state index in [0.717, 1.165) is 68.1 Å². The number of hydrogen-bond donors (Lipinski definition) is 1. The van der Waals surface area contributed by atoms with Crippen molar-refractivity contribution in [2.45, 2.75) is 68.1 Å². The average molecular weight is 611 g/mol. The lowest BCUT2D eigenvalue weighted by molar-refractivity contribution is 0.0131. The normalized spacial score (nSPS) is 34.3. The van der Waals surface area contributed by atoms with Crippen molar-refractivity contribution in [2.75, 3.05) is 31.7 Å². The third-order valence-electron chi connectivity index (χ3n) is 10.7. The van der Waals surface area contributed by atoms with E-state index in [4.69, 9.17) is 21.1 Å². The Labute approximate surface area is 253 Å². The Morgan fingerprint density at radius 1 is 1.10 bits per heavy atom. The highest BCUT2D eigenvalue weighted by atomic mass is 35.5. The number of benzene rings is 2. The molecule has 0 unspecified atom stereocenters. The van der Waals surface area contributed by atoms with E-state index < -0.39 is 21.2 Å². The topological polar surface area (TPSA) is 84.9 Å². The third kappa shape index (κ3) is 4.93. The van der Waals surface area contributed by atoms with E-state index in [9.17, 15) is 13.2 Å². The monoisotopic (exact) mass is 610 g/mol. The zero-order valence-corrected chi connectivity index (χ0v) is 25.6. The van der Waals surface area contributed by atoms with Crippen LogP contribution >= 0.6 is 11.6 Å². The number of ether oxygens (including phenoxy) is 2. The lowest BCUT2D eigenvalue weighted by Gasteiger charge is -2.46. The van der Waals surface area contributed by atoms with E-state index in [1.807, 2.05) is 18.2 Å². The molecule has 42 heavy (non-hydrogen) atoms. The summed E-state index contributed by atoms with van der Waals surface area (Å²) in [5.41, 5.74) is 3.54. The number of amides is 1. The minimum Gasteiger partial charge on any atom is -0.490 e. The molecular weight excluding hydrogens is 572 g/mol. The van der Waals surface area contributed by atoms with Crippen molar-refractivity contribution in [1.29, 1.82) is 0 Å². The van der Waals surface area contributed by atoms with Gasteiger partial charge in [0.15, 0.2) is 0 Å². The van der Waals surface area contributed by atoms with Gasteiger partial charge in [0.25, 0.3) is 5.91 Å². The molecule has 2 aromatic rings. The Balaban J connectivity index is 1.30. The molecule has 2 saturated carbocycles. The summed E-state index contributed by atoms with van der Waals surface area (Å²) >= 11 is 6.41. The van der Waals surface area contributed by atoms with Gasteiger partial charge in [-0.05, 0) is 111 Å². The number of allylic oxidation sites excluding steroid dienone is 1. The van der Waals surface area contributed by atoms with Gasteiger partial charge in [-0.2, -0.15) is 0 Å². The van der Waals surface area contributed by atoms with E-state index in [2.05, 4.69) is 33.9 Å². The van der Waals surface area contributed by atoms with Crippen LogP contribution in [0.1, 0.15) is 66.4 Å². The first kappa shape index (κ1) is 28.2. The number of sulfonamides is 1. The van der Waals surface area contributed by atoms with Gasteiger partial charge < -0.3 is 14.4 Å². The van der Waals surface area contributed by atoms with E-state index in [1.165, 1.54) is 11.1 Å². The van der Waals surface area contributed by atoms with Gasteiger partial charge in [0, 0.05) is 36.2 Å². The maximum absolute atomic E-state index is 13.4. The van der Waals surface area contributed by atoms with Crippen LogP contribution < -0.4 is 14.4 Å². The van der Waals surface area contributed by atoms with Crippen molar-refractivity contribution in [1.82, 2.24) is 4.72 Å². The Morgan fingerprint density at radius 3 is 2.71 bits per heavy atom. The molecule has 0 aromatic heterocycles. The molecule has 7 nitrogen and oxygen atoms in total. The van der Waals surface area contributed by atoms with Crippen LogP contribution in [0.15, 0.2) is 48.6 Å². The summed E-state index contributed by atoms with van der Waals surface area (Å²) in [6, 6.07) is 11.6. The molecular formula is C33H39ClN2O5S. The van der Waals surface area contributed by atoms with Crippen molar-refractivity contribution < 1.29 is 22.7 Å². The van der Waals surface area contributed by atoms with Crippen LogP contribution in [0, 0.1) is 17.8 Å². The molecule has 1 spiro atoms. The second-order valence-electron chi connectivity index (χ2n) is 13.0. The minimum atomic E-state index is -3.80. The largest absolute Gasteiger partial charge is 0.490 e. The molecule has 0 radical (unpaired) electrons. The maximum atomic E-state index is 13.4.